The molecule has 1 aliphatic rings. The number of aromatic nitrogens is 4. The average Bonchev–Trinajstić information content (AvgIpc) is 2.78. The Morgan fingerprint density at radius 2 is 2.25 bits per heavy atom. The Labute approximate surface area is 116 Å². The summed E-state index contributed by atoms with van der Waals surface area (Å²) >= 11 is 0. The van der Waals surface area contributed by atoms with E-state index < -0.39 is 0 Å². The molecule has 0 spiro atoms. The first-order chi connectivity index (χ1) is 9.58. The van der Waals surface area contributed by atoms with Crippen molar-refractivity contribution < 1.29 is 4.79 Å². The molecule has 2 N–H and O–H groups in total. The van der Waals surface area contributed by atoms with Crippen LogP contribution >= 0.6 is 0 Å². The van der Waals surface area contributed by atoms with Gasteiger partial charge in [0.15, 0.2) is 5.65 Å². The molecule has 7 heteroatoms. The van der Waals surface area contributed by atoms with Crippen LogP contribution in [0.3, 0.4) is 0 Å². The zero-order valence-electron chi connectivity index (χ0n) is 11.7. The van der Waals surface area contributed by atoms with Gasteiger partial charge in [0, 0.05) is 20.0 Å². The second-order valence-corrected chi connectivity index (χ2v) is 5.25. The Kier molecular flexibility index (Phi) is 3.04. The molecule has 3 heterocycles. The summed E-state index contributed by atoms with van der Waals surface area (Å²) in [5.41, 5.74) is 7.49. The number of likely N-dealkylation sites (tertiary alicyclic amines) is 1. The van der Waals surface area contributed by atoms with Gasteiger partial charge in [0.25, 0.3) is 0 Å². The van der Waals surface area contributed by atoms with Crippen LogP contribution in [0.25, 0.3) is 11.0 Å². The van der Waals surface area contributed by atoms with Crippen LogP contribution in [-0.4, -0.2) is 43.6 Å². The maximum absolute atomic E-state index is 11.5. The third-order valence-corrected chi connectivity index (χ3v) is 3.88. The summed E-state index contributed by atoms with van der Waals surface area (Å²) in [6.45, 7) is 5.01. The molecule has 1 saturated heterocycles. The monoisotopic (exact) mass is 274 g/mol. The van der Waals surface area contributed by atoms with E-state index in [2.05, 4.69) is 15.1 Å². The lowest BCUT2D eigenvalue weighted by Crippen LogP contribution is -2.39. The van der Waals surface area contributed by atoms with Gasteiger partial charge < -0.3 is 10.6 Å². The molecule has 20 heavy (non-hydrogen) atoms. The zero-order valence-corrected chi connectivity index (χ0v) is 11.7. The number of amides is 1. The van der Waals surface area contributed by atoms with Crippen molar-refractivity contribution in [1.29, 1.82) is 0 Å². The molecule has 2 aromatic heterocycles. The summed E-state index contributed by atoms with van der Waals surface area (Å²) in [6.07, 6.45) is 3.43. The molecule has 1 atom stereocenters. The van der Waals surface area contributed by atoms with E-state index in [4.69, 9.17) is 5.73 Å². The van der Waals surface area contributed by atoms with Crippen molar-refractivity contribution in [3.05, 3.63) is 12.0 Å². The number of rotatable bonds is 1. The molecule has 1 amide bonds. The normalized spacial score (nSPS) is 19.5. The second-order valence-electron chi connectivity index (χ2n) is 5.25. The first-order valence-corrected chi connectivity index (χ1v) is 6.78. The molecule has 1 fully saturated rings. The number of nitrogen functional groups attached to an aromatic ring is 1. The number of nitrogens with zero attached hydrogens (tertiary/aromatic N) is 5. The number of anilines is 1. The fraction of sp³-hybridized carbons (Fsp3) is 0.538. The summed E-state index contributed by atoms with van der Waals surface area (Å²) in [5.74, 6) is 0.565. The fourth-order valence-electron chi connectivity index (χ4n) is 2.86. The van der Waals surface area contributed by atoms with E-state index >= 15 is 0 Å². The highest BCUT2D eigenvalue weighted by molar-refractivity contribution is 5.87. The number of nitrogens with two attached hydrogens (primary N) is 1. The predicted molar refractivity (Wildman–Crippen MR) is 75.0 cm³/mol. The fourth-order valence-corrected chi connectivity index (χ4v) is 2.86. The van der Waals surface area contributed by atoms with Crippen molar-refractivity contribution in [2.45, 2.75) is 32.7 Å². The van der Waals surface area contributed by atoms with Gasteiger partial charge in [-0.3, -0.25) is 4.79 Å². The second kappa shape index (κ2) is 4.73. The Morgan fingerprint density at radius 3 is 3.00 bits per heavy atom. The minimum Gasteiger partial charge on any atom is -0.383 e. The number of fused-ring (bicyclic) bond motifs is 1. The van der Waals surface area contributed by atoms with Crippen LogP contribution in [0.2, 0.25) is 0 Å². The van der Waals surface area contributed by atoms with E-state index in [1.54, 1.807) is 6.92 Å². The van der Waals surface area contributed by atoms with E-state index in [0.29, 0.717) is 12.4 Å². The number of aryl methyl sites for hydroxylation is 1. The quantitative estimate of drug-likeness (QED) is 0.834. The van der Waals surface area contributed by atoms with Crippen LogP contribution in [0.5, 0.6) is 0 Å². The highest BCUT2D eigenvalue weighted by atomic mass is 16.2. The minimum atomic E-state index is 0.108. The molecular formula is C13H18N6O. The van der Waals surface area contributed by atoms with Crippen LogP contribution < -0.4 is 5.73 Å². The topological polar surface area (TPSA) is 89.9 Å². The Morgan fingerprint density at radius 1 is 1.45 bits per heavy atom. The molecular weight excluding hydrogens is 256 g/mol. The van der Waals surface area contributed by atoms with Gasteiger partial charge in [-0.05, 0) is 19.8 Å². The minimum absolute atomic E-state index is 0.108. The summed E-state index contributed by atoms with van der Waals surface area (Å²) in [7, 11) is 0. The van der Waals surface area contributed by atoms with E-state index in [1.807, 2.05) is 16.5 Å². The van der Waals surface area contributed by atoms with Crippen molar-refractivity contribution in [2.75, 3.05) is 18.8 Å². The molecule has 0 bridgehead atoms. The summed E-state index contributed by atoms with van der Waals surface area (Å²) in [4.78, 5) is 21.7. The molecule has 3 rings (SSSR count). The van der Waals surface area contributed by atoms with E-state index in [9.17, 15) is 4.79 Å². The maximum atomic E-state index is 11.5. The standard InChI is InChI=1S/C13H18N6O/c1-8-11-12(14)15-7-16-13(11)19(17-8)10-4-3-5-18(6-10)9(2)20/h7,10H,3-6H2,1-2H3,(H2,14,15,16)/t10-/m1/s1. The number of carbonyl (C=O) groups is 1. The Hall–Kier alpha value is -2.18. The third kappa shape index (κ3) is 1.99. The summed E-state index contributed by atoms with van der Waals surface area (Å²) in [6, 6.07) is 0.151. The van der Waals surface area contributed by atoms with Crippen LogP contribution in [0, 0.1) is 6.92 Å². The summed E-state index contributed by atoms with van der Waals surface area (Å²) in [5, 5.41) is 5.38. The largest absolute Gasteiger partial charge is 0.383 e. The lowest BCUT2D eigenvalue weighted by molar-refractivity contribution is -0.130. The highest BCUT2D eigenvalue weighted by Crippen LogP contribution is 2.27. The number of hydrogen-bond donors (Lipinski definition) is 1. The van der Waals surface area contributed by atoms with Gasteiger partial charge in [0.1, 0.15) is 12.1 Å². The molecule has 7 nitrogen and oxygen atoms in total. The Balaban J connectivity index is 2.02. The molecule has 0 saturated carbocycles. The highest BCUT2D eigenvalue weighted by Gasteiger charge is 2.26. The van der Waals surface area contributed by atoms with Gasteiger partial charge in [-0.15, -0.1) is 0 Å². The number of carbonyl (C=O) groups excluding carboxylic acids is 1. The van der Waals surface area contributed by atoms with Crippen molar-refractivity contribution in [3.8, 4) is 0 Å². The molecule has 0 aromatic carbocycles. The van der Waals surface area contributed by atoms with Gasteiger partial charge in [-0.2, -0.15) is 5.10 Å². The van der Waals surface area contributed by atoms with Gasteiger partial charge in [-0.25, -0.2) is 14.6 Å². The van der Waals surface area contributed by atoms with Crippen molar-refractivity contribution in [1.82, 2.24) is 24.6 Å². The van der Waals surface area contributed by atoms with Gasteiger partial charge in [-0.1, -0.05) is 0 Å². The zero-order chi connectivity index (χ0) is 14.3. The predicted octanol–water partition coefficient (Wildman–Crippen LogP) is 0.900. The molecule has 2 aromatic rings. The van der Waals surface area contributed by atoms with Crippen LogP contribution in [0.4, 0.5) is 5.82 Å². The average molecular weight is 274 g/mol. The van der Waals surface area contributed by atoms with Crippen molar-refractivity contribution >= 4 is 22.8 Å². The van der Waals surface area contributed by atoms with E-state index in [0.717, 1.165) is 36.1 Å². The maximum Gasteiger partial charge on any atom is 0.219 e. The van der Waals surface area contributed by atoms with Crippen LogP contribution in [0.15, 0.2) is 6.33 Å². The molecule has 106 valence electrons. The van der Waals surface area contributed by atoms with Gasteiger partial charge in [0.2, 0.25) is 5.91 Å². The lowest BCUT2D eigenvalue weighted by Gasteiger charge is -2.32. The van der Waals surface area contributed by atoms with Gasteiger partial charge >= 0.3 is 0 Å². The van der Waals surface area contributed by atoms with E-state index in [-0.39, 0.29) is 11.9 Å². The smallest absolute Gasteiger partial charge is 0.219 e. The molecule has 0 unspecified atom stereocenters. The molecule has 0 aliphatic carbocycles. The van der Waals surface area contributed by atoms with Crippen LogP contribution in [-0.2, 0) is 4.79 Å². The summed E-state index contributed by atoms with van der Waals surface area (Å²) < 4.78 is 1.90. The Bertz CT molecular complexity index is 664. The molecule has 1 aliphatic heterocycles. The first kappa shape index (κ1) is 12.8. The van der Waals surface area contributed by atoms with Crippen LogP contribution in [0.1, 0.15) is 31.5 Å². The SMILES string of the molecule is CC(=O)N1CCC[C@@H](n2nc(C)c3c(N)ncnc32)C1. The number of hydrogen-bond acceptors (Lipinski definition) is 5. The number of piperidine rings is 1. The van der Waals surface area contributed by atoms with Gasteiger partial charge in [0.05, 0.1) is 17.1 Å². The van der Waals surface area contributed by atoms with E-state index in [1.165, 1.54) is 6.33 Å². The molecule has 0 radical (unpaired) electrons. The van der Waals surface area contributed by atoms with Crippen molar-refractivity contribution in [2.24, 2.45) is 0 Å². The first-order valence-electron chi connectivity index (χ1n) is 6.78. The third-order valence-electron chi connectivity index (χ3n) is 3.88. The lowest BCUT2D eigenvalue weighted by atomic mass is 10.1. The van der Waals surface area contributed by atoms with Crippen molar-refractivity contribution in [3.63, 3.8) is 0 Å².